The van der Waals surface area contributed by atoms with Gasteiger partial charge in [-0.1, -0.05) is 40.9 Å². The maximum Gasteiger partial charge on any atom is 0.223 e. The molecule has 0 unspecified atom stereocenters. The van der Waals surface area contributed by atoms with E-state index in [-0.39, 0.29) is 11.8 Å². The number of carbonyl (C=O) groups excluding carboxylic acids is 1. The Morgan fingerprint density at radius 2 is 1.81 bits per heavy atom. The Bertz CT molecular complexity index is 992. The number of benzene rings is 2. The fourth-order valence-corrected chi connectivity index (χ4v) is 4.29. The van der Waals surface area contributed by atoms with Crippen LogP contribution in [0.1, 0.15) is 36.3 Å². The monoisotopic (exact) mass is 420 g/mol. The molecule has 1 atom stereocenters. The van der Waals surface area contributed by atoms with Crippen LogP contribution in [0.5, 0.6) is 0 Å². The lowest BCUT2D eigenvalue weighted by Gasteiger charge is -2.22. The van der Waals surface area contributed by atoms with Crippen LogP contribution >= 0.6 is 34.8 Å². The van der Waals surface area contributed by atoms with Gasteiger partial charge >= 0.3 is 0 Å². The lowest BCUT2D eigenvalue weighted by Crippen LogP contribution is -2.29. The summed E-state index contributed by atoms with van der Waals surface area (Å²) < 4.78 is 0. The van der Waals surface area contributed by atoms with Crippen LogP contribution in [0.25, 0.3) is 10.9 Å². The molecule has 1 aliphatic heterocycles. The van der Waals surface area contributed by atoms with E-state index in [1.807, 2.05) is 41.4 Å². The molecule has 4 rings (SSSR count). The average molecular weight is 422 g/mol. The van der Waals surface area contributed by atoms with Gasteiger partial charge in [0, 0.05) is 47.6 Å². The van der Waals surface area contributed by atoms with E-state index in [0.29, 0.717) is 21.5 Å². The second-order valence-electron chi connectivity index (χ2n) is 6.95. The molecule has 0 saturated carbocycles. The van der Waals surface area contributed by atoms with Crippen molar-refractivity contribution in [2.45, 2.75) is 25.2 Å². The number of amides is 1. The number of hydrogen-bond donors (Lipinski definition) is 1. The summed E-state index contributed by atoms with van der Waals surface area (Å²) in [6.07, 6.45) is 4.50. The van der Waals surface area contributed by atoms with Crippen molar-refractivity contribution in [1.29, 1.82) is 0 Å². The van der Waals surface area contributed by atoms with Crippen molar-refractivity contribution in [2.24, 2.45) is 0 Å². The predicted molar refractivity (Wildman–Crippen MR) is 112 cm³/mol. The molecule has 3 aromatic rings. The summed E-state index contributed by atoms with van der Waals surface area (Å²) in [5, 5.41) is 2.69. The van der Waals surface area contributed by atoms with E-state index in [1.54, 1.807) is 6.07 Å². The Kier molecular flexibility index (Phi) is 5.36. The van der Waals surface area contributed by atoms with Gasteiger partial charge in [-0.25, -0.2) is 0 Å². The molecular weight excluding hydrogens is 403 g/mol. The number of likely N-dealkylation sites (tertiary alicyclic amines) is 1. The summed E-state index contributed by atoms with van der Waals surface area (Å²) in [6, 6.07) is 11.3. The van der Waals surface area contributed by atoms with E-state index >= 15 is 0 Å². The van der Waals surface area contributed by atoms with Gasteiger partial charge < -0.3 is 9.88 Å². The van der Waals surface area contributed by atoms with E-state index in [1.165, 1.54) is 0 Å². The van der Waals surface area contributed by atoms with Crippen LogP contribution in [0.15, 0.2) is 42.6 Å². The number of halogens is 3. The van der Waals surface area contributed by atoms with Crippen molar-refractivity contribution in [3.8, 4) is 0 Å². The topological polar surface area (TPSA) is 36.1 Å². The first-order valence-corrected chi connectivity index (χ1v) is 10.2. The number of rotatable bonds is 4. The Morgan fingerprint density at radius 3 is 2.56 bits per heavy atom. The van der Waals surface area contributed by atoms with Crippen molar-refractivity contribution in [1.82, 2.24) is 9.88 Å². The van der Waals surface area contributed by atoms with Crippen LogP contribution in [-0.4, -0.2) is 28.9 Å². The molecule has 1 saturated heterocycles. The summed E-state index contributed by atoms with van der Waals surface area (Å²) in [5.41, 5.74) is 3.00. The molecule has 3 nitrogen and oxygen atoms in total. The number of aromatic amines is 1. The fourth-order valence-electron chi connectivity index (χ4n) is 3.81. The van der Waals surface area contributed by atoms with Crippen LogP contribution in [0, 0.1) is 0 Å². The number of fused-ring (bicyclic) bond motifs is 1. The molecule has 2 aromatic carbocycles. The summed E-state index contributed by atoms with van der Waals surface area (Å²) in [7, 11) is 0. The van der Waals surface area contributed by atoms with E-state index < -0.39 is 0 Å². The summed E-state index contributed by atoms with van der Waals surface area (Å²) in [4.78, 5) is 18.2. The van der Waals surface area contributed by atoms with Gasteiger partial charge in [0.15, 0.2) is 0 Å². The third kappa shape index (κ3) is 3.82. The normalized spacial score (nSPS) is 15.4. The molecule has 2 heterocycles. The van der Waals surface area contributed by atoms with Gasteiger partial charge in [0.2, 0.25) is 5.91 Å². The average Bonchev–Trinajstić information content (AvgIpc) is 3.32. The molecule has 27 heavy (non-hydrogen) atoms. The van der Waals surface area contributed by atoms with Crippen molar-refractivity contribution in [3.63, 3.8) is 0 Å². The lowest BCUT2D eigenvalue weighted by molar-refractivity contribution is -0.130. The first kappa shape index (κ1) is 18.7. The second-order valence-corrected chi connectivity index (χ2v) is 8.20. The molecule has 140 valence electrons. The summed E-state index contributed by atoms with van der Waals surface area (Å²) in [5.74, 6) is 0.0417. The van der Waals surface area contributed by atoms with Crippen molar-refractivity contribution < 1.29 is 4.79 Å². The minimum absolute atomic E-state index is 0.125. The molecular formula is C21H19Cl3N2O. The van der Waals surface area contributed by atoms with Crippen LogP contribution in [-0.2, 0) is 4.79 Å². The van der Waals surface area contributed by atoms with Crippen LogP contribution in [0.3, 0.4) is 0 Å². The summed E-state index contributed by atoms with van der Waals surface area (Å²) >= 11 is 18.6. The predicted octanol–water partition coefficient (Wildman–Crippen LogP) is 6.27. The highest BCUT2D eigenvalue weighted by molar-refractivity contribution is 6.42. The first-order valence-electron chi connectivity index (χ1n) is 9.02. The van der Waals surface area contributed by atoms with Gasteiger partial charge in [0.25, 0.3) is 0 Å². The zero-order valence-electron chi connectivity index (χ0n) is 14.6. The molecule has 1 N–H and O–H groups in total. The smallest absolute Gasteiger partial charge is 0.223 e. The van der Waals surface area contributed by atoms with Crippen molar-refractivity contribution in [3.05, 3.63) is 68.8 Å². The van der Waals surface area contributed by atoms with Crippen LogP contribution in [0.4, 0.5) is 0 Å². The number of hydrogen-bond acceptors (Lipinski definition) is 1. The highest BCUT2D eigenvalue weighted by atomic mass is 35.5. The van der Waals surface area contributed by atoms with Gasteiger partial charge in [-0.15, -0.1) is 0 Å². The van der Waals surface area contributed by atoms with E-state index in [9.17, 15) is 4.79 Å². The number of aromatic nitrogens is 1. The molecule has 1 aromatic heterocycles. The second kappa shape index (κ2) is 7.75. The van der Waals surface area contributed by atoms with Crippen molar-refractivity contribution in [2.75, 3.05) is 13.1 Å². The van der Waals surface area contributed by atoms with Crippen molar-refractivity contribution >= 4 is 51.6 Å². The Morgan fingerprint density at radius 1 is 1.04 bits per heavy atom. The van der Waals surface area contributed by atoms with Gasteiger partial charge in [-0.3, -0.25) is 4.79 Å². The molecule has 6 heteroatoms. The highest BCUT2D eigenvalue weighted by Crippen LogP contribution is 2.37. The maximum absolute atomic E-state index is 12.9. The highest BCUT2D eigenvalue weighted by Gasteiger charge is 2.26. The Hall–Kier alpha value is -1.68. The quantitative estimate of drug-likeness (QED) is 0.529. The standard InChI is InChI=1S/C21H19Cl3N2O/c22-14-4-6-20-16(10-14)17(12-25-20)15(11-21(27)26-7-1-2-8-26)13-3-5-18(23)19(24)9-13/h3-6,9-10,12,15,25H,1-2,7-8,11H2/t15-/m1/s1. The first-order chi connectivity index (χ1) is 13.0. The van der Waals surface area contributed by atoms with Gasteiger partial charge in [0.1, 0.15) is 0 Å². The molecule has 0 bridgehead atoms. The zero-order chi connectivity index (χ0) is 19.0. The van der Waals surface area contributed by atoms with Gasteiger partial charge in [0.05, 0.1) is 10.0 Å². The SMILES string of the molecule is O=C(C[C@H](c1ccc(Cl)c(Cl)c1)c1c[nH]c2ccc(Cl)cc12)N1CCCC1. The number of nitrogens with zero attached hydrogens (tertiary/aromatic N) is 1. The molecule has 1 fully saturated rings. The number of H-pyrrole nitrogens is 1. The summed E-state index contributed by atoms with van der Waals surface area (Å²) in [6.45, 7) is 1.68. The van der Waals surface area contributed by atoms with E-state index in [2.05, 4.69) is 4.98 Å². The molecule has 1 aliphatic rings. The minimum Gasteiger partial charge on any atom is -0.361 e. The third-order valence-corrected chi connectivity index (χ3v) is 6.21. The lowest BCUT2D eigenvalue weighted by atomic mass is 9.88. The van der Waals surface area contributed by atoms with Gasteiger partial charge in [-0.2, -0.15) is 0 Å². The fraction of sp³-hybridized carbons (Fsp3) is 0.286. The third-order valence-electron chi connectivity index (χ3n) is 5.23. The molecule has 0 radical (unpaired) electrons. The van der Waals surface area contributed by atoms with Crippen LogP contribution < -0.4 is 0 Å². The molecule has 0 aliphatic carbocycles. The zero-order valence-corrected chi connectivity index (χ0v) is 16.9. The Labute approximate surface area is 173 Å². The largest absolute Gasteiger partial charge is 0.361 e. The van der Waals surface area contributed by atoms with Crippen LogP contribution in [0.2, 0.25) is 15.1 Å². The number of carbonyl (C=O) groups is 1. The minimum atomic E-state index is -0.125. The molecule has 0 spiro atoms. The van der Waals surface area contributed by atoms with E-state index in [0.717, 1.165) is 48.0 Å². The number of nitrogens with one attached hydrogen (secondary N) is 1. The maximum atomic E-state index is 12.9. The Balaban J connectivity index is 1.77. The molecule has 1 amide bonds. The van der Waals surface area contributed by atoms with E-state index in [4.69, 9.17) is 34.8 Å². The van der Waals surface area contributed by atoms with Gasteiger partial charge in [-0.05, 0) is 54.3 Å².